The van der Waals surface area contributed by atoms with Gasteiger partial charge in [-0.25, -0.2) is 18.2 Å². The van der Waals surface area contributed by atoms with Crippen LogP contribution in [-0.2, 0) is 21.4 Å². The number of amides is 1. The van der Waals surface area contributed by atoms with E-state index < -0.39 is 28.3 Å². The largest absolute Gasteiger partial charge is 0.454 e. The van der Waals surface area contributed by atoms with Gasteiger partial charge < -0.3 is 9.47 Å². The fourth-order valence-corrected chi connectivity index (χ4v) is 4.63. The van der Waals surface area contributed by atoms with E-state index in [0.29, 0.717) is 22.6 Å². The highest BCUT2D eigenvalue weighted by Gasteiger charge is 2.27. The summed E-state index contributed by atoms with van der Waals surface area (Å²) in [5.74, 6) is 0.131. The number of hydrogen-bond donors (Lipinski definition) is 1. The second-order valence-corrected chi connectivity index (χ2v) is 9.56. The number of hydrazone groups is 1. The second-order valence-electron chi connectivity index (χ2n) is 7.62. The molecule has 4 rings (SSSR count). The Labute approximate surface area is 196 Å². The predicted molar refractivity (Wildman–Crippen MR) is 123 cm³/mol. The molecule has 0 spiro atoms. The minimum absolute atomic E-state index is 0.0527. The molecular formula is C24H22FN3O5S. The molecule has 1 N–H and O–H groups in total. The second kappa shape index (κ2) is 10.0. The van der Waals surface area contributed by atoms with Gasteiger partial charge in [-0.2, -0.15) is 9.41 Å². The van der Waals surface area contributed by atoms with Crippen LogP contribution in [0.5, 0.6) is 11.5 Å². The number of benzene rings is 3. The summed E-state index contributed by atoms with van der Waals surface area (Å²) in [6, 6.07) is 16.9. The van der Waals surface area contributed by atoms with E-state index in [-0.39, 0.29) is 18.2 Å². The number of halogens is 1. The van der Waals surface area contributed by atoms with E-state index in [1.807, 2.05) is 6.92 Å². The summed E-state index contributed by atoms with van der Waals surface area (Å²) in [6.07, 6.45) is 1.42. The maximum atomic E-state index is 13.3. The van der Waals surface area contributed by atoms with Crippen molar-refractivity contribution in [2.45, 2.75) is 18.4 Å². The molecule has 1 aliphatic rings. The zero-order valence-electron chi connectivity index (χ0n) is 18.3. The number of hydrogen-bond acceptors (Lipinski definition) is 6. The first-order valence-electron chi connectivity index (χ1n) is 10.3. The number of rotatable bonds is 8. The molecule has 1 heterocycles. The third-order valence-corrected chi connectivity index (χ3v) is 6.86. The molecule has 0 bridgehead atoms. The number of aryl methyl sites for hydroxylation is 1. The lowest BCUT2D eigenvalue weighted by Crippen LogP contribution is -2.39. The van der Waals surface area contributed by atoms with E-state index >= 15 is 0 Å². The van der Waals surface area contributed by atoms with Crippen LogP contribution in [0.25, 0.3) is 0 Å². The van der Waals surface area contributed by atoms with Crippen LogP contribution in [-0.4, -0.2) is 38.2 Å². The van der Waals surface area contributed by atoms with Crippen LogP contribution in [0.3, 0.4) is 0 Å². The van der Waals surface area contributed by atoms with Gasteiger partial charge in [0.25, 0.3) is 5.91 Å². The van der Waals surface area contributed by atoms with Crippen molar-refractivity contribution in [3.63, 3.8) is 0 Å². The molecule has 3 aromatic rings. The number of fused-ring (bicyclic) bond motifs is 1. The van der Waals surface area contributed by atoms with E-state index in [9.17, 15) is 17.6 Å². The monoisotopic (exact) mass is 483 g/mol. The average Bonchev–Trinajstić information content (AvgIpc) is 3.28. The highest BCUT2D eigenvalue weighted by Crippen LogP contribution is 2.32. The Morgan fingerprint density at radius 2 is 1.76 bits per heavy atom. The number of carbonyl (C=O) groups is 1. The average molecular weight is 484 g/mol. The van der Waals surface area contributed by atoms with Gasteiger partial charge in [0.15, 0.2) is 11.5 Å². The van der Waals surface area contributed by atoms with E-state index in [1.54, 1.807) is 30.3 Å². The summed E-state index contributed by atoms with van der Waals surface area (Å²) >= 11 is 0. The third-order valence-electron chi connectivity index (χ3n) is 5.05. The molecular weight excluding hydrogens is 461 g/mol. The van der Waals surface area contributed by atoms with Crippen molar-refractivity contribution in [2.24, 2.45) is 5.10 Å². The smallest absolute Gasteiger partial charge is 0.255 e. The van der Waals surface area contributed by atoms with Crippen molar-refractivity contribution in [1.82, 2.24) is 9.73 Å². The zero-order valence-corrected chi connectivity index (χ0v) is 19.1. The molecule has 8 nitrogen and oxygen atoms in total. The first-order valence-corrected chi connectivity index (χ1v) is 11.8. The van der Waals surface area contributed by atoms with Crippen LogP contribution in [0.2, 0.25) is 0 Å². The first-order chi connectivity index (χ1) is 16.3. The molecule has 0 saturated carbocycles. The quantitative estimate of drug-likeness (QED) is 0.392. The van der Waals surface area contributed by atoms with Crippen molar-refractivity contribution in [3.05, 3.63) is 89.2 Å². The summed E-state index contributed by atoms with van der Waals surface area (Å²) in [4.78, 5) is 12.6. The fraction of sp³-hybridized carbons (Fsp3) is 0.167. The summed E-state index contributed by atoms with van der Waals surface area (Å²) in [6.45, 7) is 1.39. The molecule has 1 aliphatic heterocycles. The molecule has 0 saturated heterocycles. The third kappa shape index (κ3) is 5.59. The molecule has 1 amide bonds. The van der Waals surface area contributed by atoms with E-state index in [4.69, 9.17) is 9.47 Å². The van der Waals surface area contributed by atoms with E-state index in [1.165, 1.54) is 42.6 Å². The highest BCUT2D eigenvalue weighted by molar-refractivity contribution is 7.89. The van der Waals surface area contributed by atoms with Gasteiger partial charge in [-0.15, -0.1) is 0 Å². The topological polar surface area (TPSA) is 97.3 Å². The van der Waals surface area contributed by atoms with Crippen molar-refractivity contribution >= 4 is 22.1 Å². The van der Waals surface area contributed by atoms with Gasteiger partial charge in [-0.3, -0.25) is 4.79 Å². The van der Waals surface area contributed by atoms with Crippen LogP contribution in [0, 0.1) is 12.7 Å². The van der Waals surface area contributed by atoms with Crippen molar-refractivity contribution in [1.29, 1.82) is 0 Å². The molecule has 0 unspecified atom stereocenters. The minimum Gasteiger partial charge on any atom is -0.454 e. The SMILES string of the molecule is Cc1ccc(S(=O)(=O)N(CC(=O)N/N=C\c2ccc3c(c2)OCO3)Cc2ccc(F)cc2)cc1. The minimum atomic E-state index is -4.01. The van der Waals surface area contributed by atoms with Crippen LogP contribution in [0.4, 0.5) is 4.39 Å². The highest BCUT2D eigenvalue weighted by atomic mass is 32.2. The van der Waals surface area contributed by atoms with Crippen LogP contribution in [0.1, 0.15) is 16.7 Å². The Balaban J connectivity index is 1.49. The van der Waals surface area contributed by atoms with Gasteiger partial charge in [0.1, 0.15) is 5.82 Å². The number of ether oxygens (including phenoxy) is 2. The van der Waals surface area contributed by atoms with Gasteiger partial charge in [-0.1, -0.05) is 29.8 Å². The van der Waals surface area contributed by atoms with Crippen LogP contribution < -0.4 is 14.9 Å². The molecule has 0 radical (unpaired) electrons. The van der Waals surface area contributed by atoms with Crippen LogP contribution in [0.15, 0.2) is 76.7 Å². The summed E-state index contributed by atoms with van der Waals surface area (Å²) in [7, 11) is -4.01. The Hall–Kier alpha value is -3.76. The molecule has 3 aromatic carbocycles. The summed E-state index contributed by atoms with van der Waals surface area (Å²) < 4.78 is 51.4. The Bertz CT molecular complexity index is 1310. The van der Waals surface area contributed by atoms with Gasteiger partial charge in [0.2, 0.25) is 16.8 Å². The molecule has 34 heavy (non-hydrogen) atoms. The van der Waals surface area contributed by atoms with Crippen LogP contribution >= 0.6 is 0 Å². The molecule has 176 valence electrons. The Morgan fingerprint density at radius 3 is 2.50 bits per heavy atom. The van der Waals surface area contributed by atoms with Crippen molar-refractivity contribution in [3.8, 4) is 11.5 Å². The van der Waals surface area contributed by atoms with Gasteiger partial charge in [-0.05, 0) is 60.5 Å². The van der Waals surface area contributed by atoms with Crippen molar-refractivity contribution < 1.29 is 27.1 Å². The molecule has 0 fully saturated rings. The lowest BCUT2D eigenvalue weighted by Gasteiger charge is -2.21. The number of sulfonamides is 1. The standard InChI is InChI=1S/C24H22FN3O5S/c1-17-2-9-21(10-3-17)34(30,31)28(14-18-4-7-20(25)8-5-18)15-24(29)27-26-13-19-6-11-22-23(12-19)33-16-32-22/h2-13H,14-16H2,1H3,(H,27,29)/b26-13-. The molecule has 0 aromatic heterocycles. The maximum Gasteiger partial charge on any atom is 0.255 e. The van der Waals surface area contributed by atoms with E-state index in [0.717, 1.165) is 9.87 Å². The lowest BCUT2D eigenvalue weighted by molar-refractivity contribution is -0.121. The zero-order chi connectivity index (χ0) is 24.1. The Kier molecular flexibility index (Phi) is 6.90. The fourth-order valence-electron chi connectivity index (χ4n) is 3.25. The van der Waals surface area contributed by atoms with Gasteiger partial charge in [0, 0.05) is 6.54 Å². The summed E-state index contributed by atoms with van der Waals surface area (Å²) in [5.41, 5.74) is 4.45. The normalized spacial score (nSPS) is 12.9. The predicted octanol–water partition coefficient (Wildman–Crippen LogP) is 3.20. The number of nitrogens with one attached hydrogen (secondary N) is 1. The molecule has 0 aliphatic carbocycles. The maximum absolute atomic E-state index is 13.3. The van der Waals surface area contributed by atoms with Gasteiger partial charge >= 0.3 is 0 Å². The molecule has 0 atom stereocenters. The lowest BCUT2D eigenvalue weighted by atomic mass is 10.2. The Morgan fingerprint density at radius 1 is 1.06 bits per heavy atom. The van der Waals surface area contributed by atoms with Gasteiger partial charge in [0.05, 0.1) is 17.7 Å². The van der Waals surface area contributed by atoms with Crippen molar-refractivity contribution in [2.75, 3.05) is 13.3 Å². The number of carbonyl (C=O) groups excluding carboxylic acids is 1. The molecule has 10 heteroatoms. The first kappa shape index (κ1) is 23.4. The summed E-state index contributed by atoms with van der Waals surface area (Å²) in [5, 5.41) is 3.91. The van der Waals surface area contributed by atoms with E-state index in [2.05, 4.69) is 10.5 Å². The number of nitrogens with zero attached hydrogens (tertiary/aromatic N) is 2.